The molecule has 0 aromatic heterocycles. The predicted octanol–water partition coefficient (Wildman–Crippen LogP) is 5.37. The summed E-state index contributed by atoms with van der Waals surface area (Å²) in [5, 5.41) is 0.988. The van der Waals surface area contributed by atoms with E-state index in [4.69, 9.17) is 0 Å². The Morgan fingerprint density at radius 3 is 2.12 bits per heavy atom. The maximum absolute atomic E-state index is 2.39. The lowest BCUT2D eigenvalue weighted by atomic mass is 9.81. The number of rotatable bonds is 6. The summed E-state index contributed by atoms with van der Waals surface area (Å²) in [4.78, 5) is 0. The Morgan fingerprint density at radius 1 is 1.00 bits per heavy atom. The minimum atomic E-state index is 0.886. The molecule has 1 heteroatoms. The second kappa shape index (κ2) is 7.63. The standard InChI is InChI=1S/C15H30S/c1-12(2)6-5-11-16-15-9-7-14(8-10-15)13(3)4/h12-15H,5-11H2,1-4H3. The van der Waals surface area contributed by atoms with Crippen molar-refractivity contribution in [3.8, 4) is 0 Å². The number of hydrogen-bond donors (Lipinski definition) is 0. The first-order chi connectivity index (χ1) is 7.59. The third-order valence-electron chi connectivity index (χ3n) is 3.94. The highest BCUT2D eigenvalue weighted by molar-refractivity contribution is 7.99. The Balaban J connectivity index is 2.04. The van der Waals surface area contributed by atoms with Gasteiger partial charge in [0.2, 0.25) is 0 Å². The molecule has 0 atom stereocenters. The molecule has 0 bridgehead atoms. The van der Waals surface area contributed by atoms with E-state index in [1.807, 2.05) is 0 Å². The van der Waals surface area contributed by atoms with Gasteiger partial charge in [0, 0.05) is 5.25 Å². The topological polar surface area (TPSA) is 0 Å². The first-order valence-corrected chi connectivity index (χ1v) is 8.26. The molecule has 1 aliphatic rings. The molecule has 96 valence electrons. The van der Waals surface area contributed by atoms with Crippen molar-refractivity contribution in [1.29, 1.82) is 0 Å². The molecule has 0 unspecified atom stereocenters. The van der Waals surface area contributed by atoms with E-state index in [0.29, 0.717) is 0 Å². The van der Waals surface area contributed by atoms with Gasteiger partial charge >= 0.3 is 0 Å². The molecule has 0 aromatic rings. The average Bonchev–Trinajstić information content (AvgIpc) is 2.25. The van der Waals surface area contributed by atoms with E-state index in [2.05, 4.69) is 39.5 Å². The van der Waals surface area contributed by atoms with E-state index < -0.39 is 0 Å². The van der Waals surface area contributed by atoms with E-state index in [-0.39, 0.29) is 0 Å². The Morgan fingerprint density at radius 2 is 1.62 bits per heavy atom. The largest absolute Gasteiger partial charge is 0.159 e. The van der Waals surface area contributed by atoms with Crippen molar-refractivity contribution >= 4 is 11.8 Å². The summed E-state index contributed by atoms with van der Waals surface area (Å²) in [6.45, 7) is 9.44. The van der Waals surface area contributed by atoms with Gasteiger partial charge in [0.25, 0.3) is 0 Å². The summed E-state index contributed by atoms with van der Waals surface area (Å²) in [5.41, 5.74) is 0. The molecule has 0 N–H and O–H groups in total. The van der Waals surface area contributed by atoms with Crippen molar-refractivity contribution in [1.82, 2.24) is 0 Å². The van der Waals surface area contributed by atoms with Gasteiger partial charge in [0.1, 0.15) is 0 Å². The fourth-order valence-electron chi connectivity index (χ4n) is 2.66. The molecule has 0 aliphatic heterocycles. The van der Waals surface area contributed by atoms with Crippen molar-refractivity contribution in [3.05, 3.63) is 0 Å². The maximum Gasteiger partial charge on any atom is 0.00472 e. The van der Waals surface area contributed by atoms with Crippen molar-refractivity contribution in [3.63, 3.8) is 0 Å². The highest BCUT2D eigenvalue weighted by atomic mass is 32.2. The van der Waals surface area contributed by atoms with E-state index >= 15 is 0 Å². The molecule has 1 fully saturated rings. The van der Waals surface area contributed by atoms with Crippen LogP contribution in [0.1, 0.15) is 66.2 Å². The van der Waals surface area contributed by atoms with Crippen LogP contribution in [0.25, 0.3) is 0 Å². The van der Waals surface area contributed by atoms with Gasteiger partial charge in [-0.05, 0) is 55.6 Å². The molecule has 0 spiro atoms. The average molecular weight is 242 g/mol. The van der Waals surface area contributed by atoms with Crippen molar-refractivity contribution in [2.24, 2.45) is 17.8 Å². The third-order valence-corrected chi connectivity index (χ3v) is 5.41. The molecular formula is C15H30S. The Kier molecular flexibility index (Phi) is 6.87. The molecule has 0 saturated heterocycles. The fraction of sp³-hybridized carbons (Fsp3) is 1.00. The normalized spacial score (nSPS) is 26.6. The summed E-state index contributed by atoms with van der Waals surface area (Å²) in [7, 11) is 0. The van der Waals surface area contributed by atoms with Crippen LogP contribution in [0.5, 0.6) is 0 Å². The molecule has 0 aromatic carbocycles. The number of thioether (sulfide) groups is 1. The fourth-order valence-corrected chi connectivity index (χ4v) is 3.94. The summed E-state index contributed by atoms with van der Waals surface area (Å²) < 4.78 is 0. The minimum Gasteiger partial charge on any atom is -0.159 e. The van der Waals surface area contributed by atoms with Crippen molar-refractivity contribution < 1.29 is 0 Å². The summed E-state index contributed by atoms with van der Waals surface area (Å²) >= 11 is 2.25. The highest BCUT2D eigenvalue weighted by Gasteiger charge is 2.22. The van der Waals surface area contributed by atoms with E-state index in [1.165, 1.54) is 44.3 Å². The molecule has 16 heavy (non-hydrogen) atoms. The SMILES string of the molecule is CC(C)CCCSC1CCC(C(C)C)CC1. The molecule has 0 heterocycles. The van der Waals surface area contributed by atoms with Crippen LogP contribution < -0.4 is 0 Å². The van der Waals surface area contributed by atoms with Crippen LogP contribution >= 0.6 is 11.8 Å². The maximum atomic E-state index is 2.39. The van der Waals surface area contributed by atoms with Gasteiger partial charge in [0.05, 0.1) is 0 Å². The smallest absolute Gasteiger partial charge is 0.00472 e. The van der Waals surface area contributed by atoms with Gasteiger partial charge < -0.3 is 0 Å². The third kappa shape index (κ3) is 5.61. The minimum absolute atomic E-state index is 0.886. The molecule has 1 saturated carbocycles. The summed E-state index contributed by atoms with van der Waals surface area (Å²) in [6.07, 6.45) is 8.77. The first-order valence-electron chi connectivity index (χ1n) is 7.21. The lowest BCUT2D eigenvalue weighted by Crippen LogP contribution is -2.20. The van der Waals surface area contributed by atoms with E-state index in [1.54, 1.807) is 0 Å². The second-order valence-electron chi connectivity index (χ2n) is 6.19. The van der Waals surface area contributed by atoms with Gasteiger partial charge in [-0.3, -0.25) is 0 Å². The quantitative estimate of drug-likeness (QED) is 0.564. The lowest BCUT2D eigenvalue weighted by Gasteiger charge is -2.30. The van der Waals surface area contributed by atoms with Crippen LogP contribution in [-0.4, -0.2) is 11.0 Å². The molecular weight excluding hydrogens is 212 g/mol. The Bertz CT molecular complexity index is 166. The highest BCUT2D eigenvalue weighted by Crippen LogP contribution is 2.35. The van der Waals surface area contributed by atoms with Crippen LogP contribution in [0.15, 0.2) is 0 Å². The zero-order valence-electron chi connectivity index (χ0n) is 11.7. The van der Waals surface area contributed by atoms with Crippen LogP contribution in [-0.2, 0) is 0 Å². The molecule has 1 aliphatic carbocycles. The van der Waals surface area contributed by atoms with Crippen molar-refractivity contribution in [2.75, 3.05) is 5.75 Å². The zero-order chi connectivity index (χ0) is 12.0. The first kappa shape index (κ1) is 14.4. The Hall–Kier alpha value is 0.350. The van der Waals surface area contributed by atoms with Crippen molar-refractivity contribution in [2.45, 2.75) is 71.5 Å². The van der Waals surface area contributed by atoms with Gasteiger partial charge in [-0.1, -0.05) is 34.1 Å². The van der Waals surface area contributed by atoms with E-state index in [0.717, 1.165) is 23.0 Å². The van der Waals surface area contributed by atoms with E-state index in [9.17, 15) is 0 Å². The molecule has 0 radical (unpaired) electrons. The molecule has 0 nitrogen and oxygen atoms in total. The molecule has 0 amide bonds. The monoisotopic (exact) mass is 242 g/mol. The lowest BCUT2D eigenvalue weighted by molar-refractivity contribution is 0.284. The number of hydrogen-bond acceptors (Lipinski definition) is 1. The van der Waals surface area contributed by atoms with Crippen LogP contribution in [0.3, 0.4) is 0 Å². The van der Waals surface area contributed by atoms with Gasteiger partial charge in [-0.2, -0.15) is 11.8 Å². The zero-order valence-corrected chi connectivity index (χ0v) is 12.5. The second-order valence-corrected chi connectivity index (χ2v) is 7.60. The predicted molar refractivity (Wildman–Crippen MR) is 77.1 cm³/mol. The Labute approximate surface area is 107 Å². The summed E-state index contributed by atoms with van der Waals surface area (Å²) in [5.74, 6) is 4.21. The molecule has 1 rings (SSSR count). The van der Waals surface area contributed by atoms with Crippen LogP contribution in [0.4, 0.5) is 0 Å². The van der Waals surface area contributed by atoms with Crippen LogP contribution in [0.2, 0.25) is 0 Å². The summed E-state index contributed by atoms with van der Waals surface area (Å²) in [6, 6.07) is 0. The van der Waals surface area contributed by atoms with Crippen LogP contribution in [0, 0.1) is 17.8 Å². The van der Waals surface area contributed by atoms with Gasteiger partial charge in [-0.25, -0.2) is 0 Å². The van der Waals surface area contributed by atoms with Gasteiger partial charge in [-0.15, -0.1) is 0 Å². The van der Waals surface area contributed by atoms with Gasteiger partial charge in [0.15, 0.2) is 0 Å².